The first-order valence-electron chi connectivity index (χ1n) is 7.05. The lowest BCUT2D eigenvalue weighted by atomic mass is 10.3. The zero-order valence-electron chi connectivity index (χ0n) is 12.3. The molecule has 1 aromatic heterocycles. The quantitative estimate of drug-likeness (QED) is 0.525. The van der Waals surface area contributed by atoms with Gasteiger partial charge in [0.2, 0.25) is 5.88 Å². The lowest BCUT2D eigenvalue weighted by molar-refractivity contribution is -0.134. The number of nitrogens with zero attached hydrogens (tertiary/aromatic N) is 2. The summed E-state index contributed by atoms with van der Waals surface area (Å²) in [6.07, 6.45) is 1.86. The van der Waals surface area contributed by atoms with E-state index in [0.29, 0.717) is 39.9 Å². The number of carbonyl (C=O) groups is 1. The Bertz CT molecular complexity index is 850. The van der Waals surface area contributed by atoms with E-state index in [4.69, 9.17) is 21.1 Å². The number of ether oxygens (including phenoxy) is 2. The predicted octanol–water partition coefficient (Wildman–Crippen LogP) is 4.39. The molecule has 3 aromatic rings. The monoisotopic (exact) mass is 328 g/mol. The highest BCUT2D eigenvalue weighted by Gasteiger charge is 2.05. The van der Waals surface area contributed by atoms with E-state index in [-0.39, 0.29) is 5.97 Å². The van der Waals surface area contributed by atoms with Crippen molar-refractivity contribution in [3.05, 3.63) is 53.7 Å². The van der Waals surface area contributed by atoms with Gasteiger partial charge in [0.25, 0.3) is 0 Å². The lowest BCUT2D eigenvalue weighted by Gasteiger charge is -2.07. The number of halogens is 1. The molecule has 0 bridgehead atoms. The van der Waals surface area contributed by atoms with Crippen LogP contribution in [0.2, 0.25) is 5.02 Å². The normalized spacial score (nSPS) is 10.5. The summed E-state index contributed by atoms with van der Waals surface area (Å²) in [6.45, 7) is 1.74. The molecule has 0 saturated heterocycles. The molecule has 0 fully saturated rings. The van der Waals surface area contributed by atoms with Gasteiger partial charge in [0.05, 0.1) is 17.2 Å². The van der Waals surface area contributed by atoms with E-state index in [1.54, 1.807) is 49.4 Å². The fraction of sp³-hybridized carbons (Fsp3) is 0.118. The molecule has 0 radical (unpaired) electrons. The molecule has 0 aliphatic carbocycles. The summed E-state index contributed by atoms with van der Waals surface area (Å²) in [5.41, 5.74) is 1.40. The Kier molecular flexibility index (Phi) is 4.39. The molecule has 2 aromatic carbocycles. The Balaban J connectivity index is 1.76. The first-order chi connectivity index (χ1) is 11.1. The molecule has 0 atom stereocenters. The molecule has 23 heavy (non-hydrogen) atoms. The first-order valence-corrected chi connectivity index (χ1v) is 7.43. The summed E-state index contributed by atoms with van der Waals surface area (Å²) in [7, 11) is 0. The highest BCUT2D eigenvalue weighted by molar-refractivity contribution is 6.31. The molecule has 0 amide bonds. The molecule has 116 valence electrons. The number of esters is 1. The zero-order chi connectivity index (χ0) is 16.2. The van der Waals surface area contributed by atoms with Crippen molar-refractivity contribution in [3.8, 4) is 17.4 Å². The van der Waals surface area contributed by atoms with Gasteiger partial charge in [0, 0.05) is 11.4 Å². The Hall–Kier alpha value is -2.66. The summed E-state index contributed by atoms with van der Waals surface area (Å²) in [4.78, 5) is 19.9. The molecular formula is C17H13ClN2O3. The largest absolute Gasteiger partial charge is 0.437 e. The van der Waals surface area contributed by atoms with Crippen molar-refractivity contribution in [2.24, 2.45) is 0 Å². The number of aromatic nitrogens is 2. The van der Waals surface area contributed by atoms with Gasteiger partial charge in [-0.15, -0.1) is 0 Å². The molecule has 6 heteroatoms. The fourth-order valence-corrected chi connectivity index (χ4v) is 2.08. The van der Waals surface area contributed by atoms with Gasteiger partial charge in [-0.3, -0.25) is 4.79 Å². The number of hydrogen-bond donors (Lipinski definition) is 0. The van der Waals surface area contributed by atoms with Crippen molar-refractivity contribution in [2.45, 2.75) is 13.3 Å². The van der Waals surface area contributed by atoms with E-state index in [2.05, 4.69) is 9.97 Å². The van der Waals surface area contributed by atoms with E-state index in [1.807, 2.05) is 0 Å². The van der Waals surface area contributed by atoms with Crippen LogP contribution in [0.5, 0.6) is 17.4 Å². The van der Waals surface area contributed by atoms with Gasteiger partial charge in [-0.05, 0) is 42.5 Å². The van der Waals surface area contributed by atoms with Gasteiger partial charge in [-0.1, -0.05) is 18.5 Å². The smallest absolute Gasteiger partial charge is 0.310 e. The Morgan fingerprint density at radius 3 is 2.57 bits per heavy atom. The van der Waals surface area contributed by atoms with Gasteiger partial charge < -0.3 is 9.47 Å². The maximum Gasteiger partial charge on any atom is 0.310 e. The molecular weight excluding hydrogens is 316 g/mol. The first kappa shape index (κ1) is 15.2. The van der Waals surface area contributed by atoms with E-state index in [0.717, 1.165) is 0 Å². The van der Waals surface area contributed by atoms with Crippen LogP contribution in [0.15, 0.2) is 48.7 Å². The van der Waals surface area contributed by atoms with Crippen molar-refractivity contribution in [1.82, 2.24) is 9.97 Å². The van der Waals surface area contributed by atoms with Crippen LogP contribution in [0.4, 0.5) is 0 Å². The Morgan fingerprint density at radius 1 is 1.09 bits per heavy atom. The van der Waals surface area contributed by atoms with Gasteiger partial charge in [-0.25, -0.2) is 9.97 Å². The molecule has 0 aliphatic rings. The molecule has 0 aliphatic heterocycles. The molecule has 0 spiro atoms. The third kappa shape index (κ3) is 3.76. The van der Waals surface area contributed by atoms with Gasteiger partial charge in [0.15, 0.2) is 0 Å². The SMILES string of the molecule is CCC(=O)Oc1ccc(Oc2cnc3cc(Cl)ccc3n2)cc1. The van der Waals surface area contributed by atoms with E-state index < -0.39 is 0 Å². The van der Waals surface area contributed by atoms with Crippen LogP contribution >= 0.6 is 11.6 Å². The average molecular weight is 329 g/mol. The second-order valence-corrected chi connectivity index (χ2v) is 5.18. The number of benzene rings is 2. The number of carbonyl (C=O) groups excluding carboxylic acids is 1. The minimum atomic E-state index is -0.280. The minimum Gasteiger partial charge on any atom is -0.437 e. The van der Waals surface area contributed by atoms with Crippen LogP contribution in [0, 0.1) is 0 Å². The molecule has 1 heterocycles. The third-order valence-electron chi connectivity index (χ3n) is 3.05. The van der Waals surface area contributed by atoms with E-state index >= 15 is 0 Å². The number of hydrogen-bond acceptors (Lipinski definition) is 5. The topological polar surface area (TPSA) is 61.3 Å². The molecule has 5 nitrogen and oxygen atoms in total. The van der Waals surface area contributed by atoms with Crippen LogP contribution in [0.1, 0.15) is 13.3 Å². The summed E-state index contributed by atoms with van der Waals surface area (Å²) < 4.78 is 10.8. The van der Waals surface area contributed by atoms with Crippen LogP contribution in [0.25, 0.3) is 11.0 Å². The van der Waals surface area contributed by atoms with Gasteiger partial charge in [-0.2, -0.15) is 0 Å². The van der Waals surface area contributed by atoms with E-state index in [9.17, 15) is 4.79 Å². The van der Waals surface area contributed by atoms with Crippen molar-refractivity contribution in [3.63, 3.8) is 0 Å². The second kappa shape index (κ2) is 6.62. The summed E-state index contributed by atoms with van der Waals surface area (Å²) in [5.74, 6) is 1.14. The molecule has 0 unspecified atom stereocenters. The predicted molar refractivity (Wildman–Crippen MR) is 87.0 cm³/mol. The van der Waals surface area contributed by atoms with Crippen LogP contribution < -0.4 is 9.47 Å². The average Bonchev–Trinajstić information content (AvgIpc) is 2.56. The maximum absolute atomic E-state index is 11.2. The summed E-state index contributed by atoms with van der Waals surface area (Å²) in [5, 5.41) is 0.609. The number of fused-ring (bicyclic) bond motifs is 1. The molecule has 0 N–H and O–H groups in total. The molecule has 3 rings (SSSR count). The Labute approximate surface area is 137 Å². The lowest BCUT2D eigenvalue weighted by Crippen LogP contribution is -2.05. The van der Waals surface area contributed by atoms with E-state index in [1.165, 1.54) is 6.20 Å². The highest BCUT2D eigenvalue weighted by Crippen LogP contribution is 2.24. The summed E-state index contributed by atoms with van der Waals surface area (Å²) >= 11 is 5.91. The molecule has 0 saturated carbocycles. The highest BCUT2D eigenvalue weighted by atomic mass is 35.5. The third-order valence-corrected chi connectivity index (χ3v) is 3.28. The van der Waals surface area contributed by atoms with Gasteiger partial charge in [0.1, 0.15) is 11.5 Å². The number of rotatable bonds is 4. The van der Waals surface area contributed by atoms with Crippen molar-refractivity contribution in [2.75, 3.05) is 0 Å². The standard InChI is InChI=1S/C17H13ClN2O3/c1-2-17(21)23-13-6-4-12(5-7-13)22-16-10-19-15-9-11(18)3-8-14(15)20-16/h3-10H,2H2,1H3. The minimum absolute atomic E-state index is 0.280. The fourth-order valence-electron chi connectivity index (χ4n) is 1.92. The Morgan fingerprint density at radius 2 is 1.83 bits per heavy atom. The van der Waals surface area contributed by atoms with Crippen molar-refractivity contribution in [1.29, 1.82) is 0 Å². The summed E-state index contributed by atoms with van der Waals surface area (Å²) in [6, 6.07) is 12.0. The van der Waals surface area contributed by atoms with Crippen LogP contribution in [-0.4, -0.2) is 15.9 Å². The van der Waals surface area contributed by atoms with Crippen LogP contribution in [-0.2, 0) is 4.79 Å². The van der Waals surface area contributed by atoms with Crippen molar-refractivity contribution < 1.29 is 14.3 Å². The van der Waals surface area contributed by atoms with Crippen LogP contribution in [0.3, 0.4) is 0 Å². The second-order valence-electron chi connectivity index (χ2n) is 4.74. The van der Waals surface area contributed by atoms with Gasteiger partial charge >= 0.3 is 5.97 Å². The zero-order valence-corrected chi connectivity index (χ0v) is 13.1. The maximum atomic E-state index is 11.2. The van der Waals surface area contributed by atoms with Crippen molar-refractivity contribution >= 4 is 28.6 Å².